The van der Waals surface area contributed by atoms with Gasteiger partial charge in [0.05, 0.1) is 34.5 Å². The minimum atomic E-state index is -0.948. The summed E-state index contributed by atoms with van der Waals surface area (Å²) in [5.74, 6) is -0.202. The molecule has 0 saturated carbocycles. The molecule has 0 saturated heterocycles. The van der Waals surface area contributed by atoms with Gasteiger partial charge in [-0.3, -0.25) is 9.97 Å². The number of hydrogen-bond acceptors (Lipinski definition) is 6. The first-order chi connectivity index (χ1) is 16.5. The van der Waals surface area contributed by atoms with Gasteiger partial charge in [-0.2, -0.15) is 0 Å². The maximum Gasteiger partial charge on any atom is 0.335 e. The normalized spacial score (nSPS) is 10.7. The van der Waals surface area contributed by atoms with Gasteiger partial charge in [-0.1, -0.05) is 23.4 Å². The van der Waals surface area contributed by atoms with Crippen molar-refractivity contribution >= 4 is 17.0 Å². The maximum absolute atomic E-state index is 11.2. The number of aromatic carboxylic acids is 1. The summed E-state index contributed by atoms with van der Waals surface area (Å²) in [6, 6.07) is 14.8. The molecule has 0 fully saturated rings. The van der Waals surface area contributed by atoms with Crippen molar-refractivity contribution in [3.05, 3.63) is 89.8 Å². The predicted molar refractivity (Wildman–Crippen MR) is 131 cm³/mol. The molecule has 0 unspecified atom stereocenters. The minimum absolute atomic E-state index is 0.250. The monoisotopic (exact) mass is 455 g/mol. The molecule has 5 aromatic rings. The molecule has 3 N–H and O–H groups in total. The Balaban J connectivity index is 0.00000133. The molecular formula is C26H25N5O3. The Morgan fingerprint density at radius 3 is 2.44 bits per heavy atom. The number of nitrogens with two attached hydrogens (primary N) is 1. The molecule has 0 bridgehead atoms. The average Bonchev–Trinajstić information content (AvgIpc) is 3.39. The molecule has 0 atom stereocenters. The van der Waals surface area contributed by atoms with E-state index >= 15 is 0 Å². The summed E-state index contributed by atoms with van der Waals surface area (Å²) in [5, 5.41) is 13.3. The molecule has 8 nitrogen and oxygen atoms in total. The summed E-state index contributed by atoms with van der Waals surface area (Å²) in [4.78, 5) is 20.5. The van der Waals surface area contributed by atoms with Crippen molar-refractivity contribution in [2.24, 2.45) is 5.73 Å². The first kappa shape index (κ1) is 22.9. The zero-order valence-corrected chi connectivity index (χ0v) is 19.2. The molecular weight excluding hydrogens is 430 g/mol. The molecule has 5 rings (SSSR count). The third-order valence-electron chi connectivity index (χ3n) is 5.54. The Labute approximate surface area is 196 Å². The van der Waals surface area contributed by atoms with Crippen LogP contribution >= 0.6 is 0 Å². The number of carbonyl (C=O) groups is 1. The van der Waals surface area contributed by atoms with Crippen LogP contribution in [0.2, 0.25) is 0 Å². The van der Waals surface area contributed by atoms with Gasteiger partial charge in [0.25, 0.3) is 0 Å². The van der Waals surface area contributed by atoms with Crippen LogP contribution in [0.4, 0.5) is 0 Å². The van der Waals surface area contributed by atoms with Crippen LogP contribution in [-0.4, -0.2) is 37.8 Å². The van der Waals surface area contributed by atoms with E-state index in [1.165, 1.54) is 7.05 Å². The van der Waals surface area contributed by atoms with Gasteiger partial charge < -0.3 is 19.9 Å². The Kier molecular flexibility index (Phi) is 6.51. The van der Waals surface area contributed by atoms with Crippen molar-refractivity contribution in [1.29, 1.82) is 0 Å². The lowest BCUT2D eigenvalue weighted by atomic mass is 10.0. The number of nitrogens with zero attached hydrogens (tertiary/aromatic N) is 4. The van der Waals surface area contributed by atoms with Crippen molar-refractivity contribution in [2.75, 3.05) is 7.05 Å². The highest BCUT2D eigenvalue weighted by molar-refractivity contribution is 5.96. The van der Waals surface area contributed by atoms with E-state index in [2.05, 4.69) is 26.5 Å². The molecule has 4 aromatic heterocycles. The third kappa shape index (κ3) is 4.31. The van der Waals surface area contributed by atoms with Crippen LogP contribution in [-0.2, 0) is 6.54 Å². The van der Waals surface area contributed by atoms with Crippen molar-refractivity contribution in [2.45, 2.75) is 20.4 Å². The zero-order chi connectivity index (χ0) is 24.2. The maximum atomic E-state index is 11.2. The van der Waals surface area contributed by atoms with Crippen LogP contribution in [0.25, 0.3) is 33.3 Å². The van der Waals surface area contributed by atoms with Gasteiger partial charge >= 0.3 is 5.97 Å². The molecule has 1 aromatic carbocycles. The predicted octanol–water partition coefficient (Wildman–Crippen LogP) is 4.69. The molecule has 0 radical (unpaired) electrons. The quantitative estimate of drug-likeness (QED) is 0.394. The van der Waals surface area contributed by atoms with Gasteiger partial charge in [0, 0.05) is 35.3 Å². The summed E-state index contributed by atoms with van der Waals surface area (Å²) < 4.78 is 7.47. The number of fused-ring (bicyclic) bond motifs is 1. The smallest absolute Gasteiger partial charge is 0.335 e. The van der Waals surface area contributed by atoms with E-state index in [1.54, 1.807) is 18.3 Å². The second-order valence-corrected chi connectivity index (χ2v) is 7.67. The van der Waals surface area contributed by atoms with E-state index in [0.29, 0.717) is 6.54 Å². The highest BCUT2D eigenvalue weighted by Gasteiger charge is 2.17. The number of aromatic nitrogens is 4. The van der Waals surface area contributed by atoms with E-state index in [4.69, 9.17) is 9.51 Å². The molecule has 0 aliphatic rings. The van der Waals surface area contributed by atoms with Crippen molar-refractivity contribution in [3.63, 3.8) is 0 Å². The van der Waals surface area contributed by atoms with E-state index in [-0.39, 0.29) is 5.56 Å². The summed E-state index contributed by atoms with van der Waals surface area (Å²) in [6.07, 6.45) is 5.65. The molecule has 0 spiro atoms. The summed E-state index contributed by atoms with van der Waals surface area (Å²) in [7, 11) is 1.50. The lowest BCUT2D eigenvalue weighted by Gasteiger charge is -2.06. The number of aryl methyl sites for hydroxylation is 2. The van der Waals surface area contributed by atoms with Crippen LogP contribution in [0, 0.1) is 13.8 Å². The standard InChI is InChI=1S/C25H20N4O3.CH5N/c1-15-23(16(2)32-28-15)19-11-22-24(27-12-19)21(17-6-8-18(9-7-17)25(30)31)14-29(22)13-20-5-3-4-10-26-20;1-2/h3-12,14H,13H2,1-2H3,(H,30,31);2H2,1H3. The molecule has 0 amide bonds. The fraction of sp³-hybridized carbons (Fsp3) is 0.154. The van der Waals surface area contributed by atoms with Gasteiger partial charge in [-0.15, -0.1) is 0 Å². The number of carboxylic acid groups (broad SMARTS) is 1. The van der Waals surface area contributed by atoms with E-state index in [1.807, 2.05) is 56.6 Å². The first-order valence-electron chi connectivity index (χ1n) is 10.7. The fourth-order valence-corrected chi connectivity index (χ4v) is 4.00. The van der Waals surface area contributed by atoms with Crippen LogP contribution in [0.5, 0.6) is 0 Å². The number of carboxylic acids is 1. The van der Waals surface area contributed by atoms with Crippen molar-refractivity contribution in [3.8, 4) is 22.3 Å². The van der Waals surface area contributed by atoms with Crippen LogP contribution in [0.1, 0.15) is 27.5 Å². The topological polar surface area (TPSA) is 120 Å². The van der Waals surface area contributed by atoms with Gasteiger partial charge in [0.2, 0.25) is 0 Å². The lowest BCUT2D eigenvalue weighted by Crippen LogP contribution is -2.00. The number of pyridine rings is 2. The summed E-state index contributed by atoms with van der Waals surface area (Å²) >= 11 is 0. The second-order valence-electron chi connectivity index (χ2n) is 7.67. The second kappa shape index (κ2) is 9.68. The molecule has 172 valence electrons. The highest BCUT2D eigenvalue weighted by atomic mass is 16.5. The molecule has 4 heterocycles. The molecule has 0 aliphatic carbocycles. The molecule has 34 heavy (non-hydrogen) atoms. The van der Waals surface area contributed by atoms with Gasteiger partial charge in [-0.05, 0) is 56.8 Å². The van der Waals surface area contributed by atoms with Gasteiger partial charge in [0.15, 0.2) is 0 Å². The minimum Gasteiger partial charge on any atom is -0.478 e. The first-order valence-corrected chi connectivity index (χ1v) is 10.7. The Bertz CT molecular complexity index is 1420. The SMILES string of the molecule is CN.Cc1noc(C)c1-c1cnc2c(-c3ccc(C(=O)O)cc3)cn(Cc3ccccn3)c2c1. The largest absolute Gasteiger partial charge is 0.478 e. The van der Waals surface area contributed by atoms with Crippen LogP contribution < -0.4 is 5.73 Å². The van der Waals surface area contributed by atoms with E-state index in [0.717, 1.165) is 50.4 Å². The summed E-state index contributed by atoms with van der Waals surface area (Å²) in [5.41, 5.74) is 12.0. The zero-order valence-electron chi connectivity index (χ0n) is 19.2. The van der Waals surface area contributed by atoms with E-state index in [9.17, 15) is 9.90 Å². The fourth-order valence-electron chi connectivity index (χ4n) is 4.00. The van der Waals surface area contributed by atoms with Gasteiger partial charge in [-0.25, -0.2) is 4.79 Å². The number of hydrogen-bond donors (Lipinski definition) is 2. The van der Waals surface area contributed by atoms with Gasteiger partial charge in [0.1, 0.15) is 5.76 Å². The van der Waals surface area contributed by atoms with E-state index < -0.39 is 5.97 Å². The number of rotatable bonds is 5. The van der Waals surface area contributed by atoms with Crippen molar-refractivity contribution in [1.82, 2.24) is 19.7 Å². The molecule has 8 heteroatoms. The highest BCUT2D eigenvalue weighted by Crippen LogP contribution is 2.34. The Hall–Kier alpha value is -4.30. The Morgan fingerprint density at radius 2 is 1.82 bits per heavy atom. The molecule has 0 aliphatic heterocycles. The van der Waals surface area contributed by atoms with Crippen LogP contribution in [0.3, 0.4) is 0 Å². The average molecular weight is 456 g/mol. The lowest BCUT2D eigenvalue weighted by molar-refractivity contribution is 0.0697. The summed E-state index contributed by atoms with van der Waals surface area (Å²) in [6.45, 7) is 4.39. The third-order valence-corrected chi connectivity index (χ3v) is 5.54. The number of benzene rings is 1. The van der Waals surface area contributed by atoms with Crippen molar-refractivity contribution < 1.29 is 14.4 Å². The van der Waals surface area contributed by atoms with Crippen LogP contribution in [0.15, 0.2) is 71.6 Å². The Morgan fingerprint density at radius 1 is 1.06 bits per heavy atom.